The maximum absolute atomic E-state index is 11.9. The molecule has 0 aliphatic heterocycles. The third-order valence-corrected chi connectivity index (χ3v) is 4.05. The predicted molar refractivity (Wildman–Crippen MR) is 107 cm³/mol. The molecule has 1 amide bonds. The highest BCUT2D eigenvalue weighted by Gasteiger charge is 2.07. The van der Waals surface area contributed by atoms with Crippen molar-refractivity contribution in [1.82, 2.24) is 5.43 Å². The fourth-order valence-corrected chi connectivity index (χ4v) is 2.34. The Labute approximate surface area is 155 Å². The lowest BCUT2D eigenvalue weighted by Gasteiger charge is -2.12. The quantitative estimate of drug-likeness (QED) is 0.610. The molecule has 0 aromatic heterocycles. The van der Waals surface area contributed by atoms with Crippen molar-refractivity contribution in [3.8, 4) is 5.75 Å². The van der Waals surface area contributed by atoms with Crippen LogP contribution in [0.1, 0.15) is 36.5 Å². The molecule has 5 heteroatoms. The van der Waals surface area contributed by atoms with Crippen LogP contribution in [0.5, 0.6) is 5.75 Å². The van der Waals surface area contributed by atoms with Crippen molar-refractivity contribution in [3.63, 3.8) is 0 Å². The van der Waals surface area contributed by atoms with Crippen LogP contribution in [-0.4, -0.2) is 32.8 Å². The molecule has 0 heterocycles. The summed E-state index contributed by atoms with van der Waals surface area (Å²) in [6, 6.07) is 14.0. The van der Waals surface area contributed by atoms with Gasteiger partial charge in [0.1, 0.15) is 5.75 Å². The van der Waals surface area contributed by atoms with Crippen molar-refractivity contribution in [1.29, 1.82) is 0 Å². The van der Waals surface area contributed by atoms with Gasteiger partial charge in [-0.15, -0.1) is 0 Å². The van der Waals surface area contributed by atoms with E-state index >= 15 is 0 Å². The summed E-state index contributed by atoms with van der Waals surface area (Å²) in [5.74, 6) is 0.852. The average Bonchev–Trinajstić information content (AvgIpc) is 2.61. The van der Waals surface area contributed by atoms with Gasteiger partial charge in [0.2, 0.25) is 0 Å². The Morgan fingerprint density at radius 1 is 1.19 bits per heavy atom. The van der Waals surface area contributed by atoms with Crippen molar-refractivity contribution < 1.29 is 9.53 Å². The largest absolute Gasteiger partial charge is 0.483 e. The normalized spacial score (nSPS) is 11.0. The molecule has 26 heavy (non-hydrogen) atoms. The number of amides is 1. The second-order valence-electron chi connectivity index (χ2n) is 6.75. The van der Waals surface area contributed by atoms with Gasteiger partial charge in [-0.25, -0.2) is 5.43 Å². The van der Waals surface area contributed by atoms with Gasteiger partial charge < -0.3 is 9.64 Å². The Morgan fingerprint density at radius 3 is 2.50 bits per heavy atom. The maximum atomic E-state index is 11.9. The van der Waals surface area contributed by atoms with Crippen molar-refractivity contribution in [2.75, 3.05) is 25.6 Å². The van der Waals surface area contributed by atoms with Crippen molar-refractivity contribution in [3.05, 3.63) is 59.2 Å². The Balaban J connectivity index is 1.86. The summed E-state index contributed by atoms with van der Waals surface area (Å²) in [5.41, 5.74) is 6.71. The van der Waals surface area contributed by atoms with Crippen LogP contribution in [0.25, 0.3) is 0 Å². The van der Waals surface area contributed by atoms with E-state index in [0.717, 1.165) is 22.6 Å². The van der Waals surface area contributed by atoms with Crippen LogP contribution in [-0.2, 0) is 4.79 Å². The number of anilines is 1. The van der Waals surface area contributed by atoms with E-state index < -0.39 is 0 Å². The van der Waals surface area contributed by atoms with Gasteiger partial charge in [-0.3, -0.25) is 4.79 Å². The van der Waals surface area contributed by atoms with Gasteiger partial charge in [-0.1, -0.05) is 38.1 Å². The van der Waals surface area contributed by atoms with Crippen molar-refractivity contribution in [2.24, 2.45) is 5.10 Å². The topological polar surface area (TPSA) is 53.9 Å². The molecule has 0 spiro atoms. The lowest BCUT2D eigenvalue weighted by atomic mass is 10.0. The molecule has 0 fully saturated rings. The predicted octanol–water partition coefficient (Wildman–Crippen LogP) is 3.71. The third kappa shape index (κ3) is 5.62. The zero-order valence-electron chi connectivity index (χ0n) is 16.1. The molecule has 0 saturated heterocycles. The Hall–Kier alpha value is -2.82. The monoisotopic (exact) mass is 353 g/mol. The van der Waals surface area contributed by atoms with Gasteiger partial charge in [-0.05, 0) is 47.7 Å². The number of rotatable bonds is 7. The number of hydrogen-bond donors (Lipinski definition) is 1. The number of carbonyl (C=O) groups is 1. The molecule has 0 aliphatic carbocycles. The summed E-state index contributed by atoms with van der Waals surface area (Å²) >= 11 is 0. The molecule has 0 aliphatic rings. The summed E-state index contributed by atoms with van der Waals surface area (Å²) in [7, 11) is 3.98. The molecule has 0 radical (unpaired) electrons. The van der Waals surface area contributed by atoms with Gasteiger partial charge in [0.05, 0.1) is 6.21 Å². The Kier molecular flexibility index (Phi) is 6.78. The van der Waals surface area contributed by atoms with Crippen LogP contribution < -0.4 is 15.1 Å². The van der Waals surface area contributed by atoms with E-state index in [2.05, 4.69) is 30.4 Å². The molecule has 1 N–H and O–H groups in total. The number of nitrogens with one attached hydrogen (secondary N) is 1. The highest BCUT2D eigenvalue weighted by molar-refractivity contribution is 5.83. The van der Waals surface area contributed by atoms with Crippen LogP contribution in [0, 0.1) is 6.92 Å². The van der Waals surface area contributed by atoms with Gasteiger partial charge in [0.15, 0.2) is 6.61 Å². The van der Waals surface area contributed by atoms with Crippen LogP contribution >= 0.6 is 0 Å². The van der Waals surface area contributed by atoms with E-state index in [1.165, 1.54) is 5.56 Å². The van der Waals surface area contributed by atoms with Gasteiger partial charge in [-0.2, -0.15) is 5.10 Å². The molecule has 2 rings (SSSR count). The fourth-order valence-electron chi connectivity index (χ4n) is 2.34. The first kappa shape index (κ1) is 19.5. The minimum Gasteiger partial charge on any atom is -0.483 e. The molecule has 138 valence electrons. The number of hydrazone groups is 1. The molecule has 0 saturated carbocycles. The Morgan fingerprint density at radius 2 is 1.88 bits per heavy atom. The summed E-state index contributed by atoms with van der Waals surface area (Å²) in [6.07, 6.45) is 1.61. The second kappa shape index (κ2) is 9.04. The summed E-state index contributed by atoms with van der Waals surface area (Å²) in [6.45, 7) is 6.15. The number of aryl methyl sites for hydroxylation is 1. The maximum Gasteiger partial charge on any atom is 0.277 e. The molecular formula is C21H27N3O2. The van der Waals surface area contributed by atoms with Crippen LogP contribution in [0.4, 0.5) is 5.69 Å². The first-order valence-electron chi connectivity index (χ1n) is 8.69. The zero-order valence-corrected chi connectivity index (χ0v) is 16.1. The van der Waals surface area contributed by atoms with E-state index in [1.807, 2.05) is 62.3 Å². The third-order valence-electron chi connectivity index (χ3n) is 4.05. The molecular weight excluding hydrogens is 326 g/mol. The molecule has 2 aromatic rings. The van der Waals surface area contributed by atoms with Gasteiger partial charge in [0, 0.05) is 19.8 Å². The smallest absolute Gasteiger partial charge is 0.277 e. The van der Waals surface area contributed by atoms with E-state index in [0.29, 0.717) is 5.92 Å². The molecule has 5 nitrogen and oxygen atoms in total. The second-order valence-corrected chi connectivity index (χ2v) is 6.75. The number of hydrogen-bond acceptors (Lipinski definition) is 4. The highest BCUT2D eigenvalue weighted by Crippen LogP contribution is 2.24. The van der Waals surface area contributed by atoms with E-state index in [4.69, 9.17) is 4.74 Å². The van der Waals surface area contributed by atoms with E-state index in [9.17, 15) is 4.79 Å². The van der Waals surface area contributed by atoms with Gasteiger partial charge in [0.25, 0.3) is 5.91 Å². The van der Waals surface area contributed by atoms with Crippen LogP contribution in [0.15, 0.2) is 47.6 Å². The molecule has 2 aromatic carbocycles. The minimum absolute atomic E-state index is 0.0701. The van der Waals surface area contributed by atoms with Crippen LogP contribution in [0.2, 0.25) is 0 Å². The van der Waals surface area contributed by atoms with Gasteiger partial charge >= 0.3 is 0 Å². The standard InChI is InChI=1S/C21H27N3O2/c1-15(2)18-9-6-16(3)20(12-18)26-14-21(25)23-22-13-17-7-10-19(11-8-17)24(4)5/h6-13,15H,14H2,1-5H3,(H,23,25)/b22-13+. The summed E-state index contributed by atoms with van der Waals surface area (Å²) < 4.78 is 5.64. The average molecular weight is 353 g/mol. The van der Waals surface area contributed by atoms with E-state index in [-0.39, 0.29) is 12.5 Å². The summed E-state index contributed by atoms with van der Waals surface area (Å²) in [5, 5.41) is 3.98. The minimum atomic E-state index is -0.291. The zero-order chi connectivity index (χ0) is 19.1. The first-order chi connectivity index (χ1) is 12.4. The number of carbonyl (C=O) groups excluding carboxylic acids is 1. The highest BCUT2D eigenvalue weighted by atomic mass is 16.5. The first-order valence-corrected chi connectivity index (χ1v) is 8.69. The summed E-state index contributed by atoms with van der Waals surface area (Å²) in [4.78, 5) is 13.9. The molecule has 0 atom stereocenters. The van der Waals surface area contributed by atoms with Crippen molar-refractivity contribution in [2.45, 2.75) is 26.7 Å². The fraction of sp³-hybridized carbons (Fsp3) is 0.333. The number of benzene rings is 2. The molecule has 0 bridgehead atoms. The molecule has 0 unspecified atom stereocenters. The van der Waals surface area contributed by atoms with E-state index in [1.54, 1.807) is 6.21 Å². The van der Waals surface area contributed by atoms with Crippen molar-refractivity contribution >= 4 is 17.8 Å². The number of ether oxygens (including phenoxy) is 1. The lowest BCUT2D eigenvalue weighted by Crippen LogP contribution is -2.24. The Bertz CT molecular complexity index is 765. The number of nitrogens with zero attached hydrogens (tertiary/aromatic N) is 2. The lowest BCUT2D eigenvalue weighted by molar-refractivity contribution is -0.123. The van der Waals surface area contributed by atoms with Crippen LogP contribution in [0.3, 0.4) is 0 Å². The SMILES string of the molecule is Cc1ccc(C(C)C)cc1OCC(=O)N/N=C/c1ccc(N(C)C)cc1.